The Balaban J connectivity index is 1.11. The van der Waals surface area contributed by atoms with E-state index < -0.39 is 34.7 Å². The number of hydrogen-bond acceptors (Lipinski definition) is 10. The van der Waals surface area contributed by atoms with Gasteiger partial charge >= 0.3 is 17.9 Å². The number of nitrogens with one attached hydrogen (secondary N) is 2. The Morgan fingerprint density at radius 3 is 2.47 bits per heavy atom. The van der Waals surface area contributed by atoms with Crippen molar-refractivity contribution in [2.45, 2.75) is 50.4 Å². The SMILES string of the molecule is COc1nc(-c2cccc(-c3cccc(Nc4nc(C(F)(F)F)nc5c4c(=O)n(C)c(=O)n5C)c3C)c2Cl)cc2c1C(N1CCC3(CCN(CCO)C(=O)N3)C1)CC2. The summed E-state index contributed by atoms with van der Waals surface area (Å²) < 4.78 is 49.5. The topological polar surface area (TPSA) is 160 Å². The minimum Gasteiger partial charge on any atom is -0.481 e. The zero-order valence-electron chi connectivity index (χ0n) is 32.2. The highest BCUT2D eigenvalue weighted by Gasteiger charge is 2.46. The van der Waals surface area contributed by atoms with E-state index in [-0.39, 0.29) is 29.6 Å². The number of benzene rings is 2. The van der Waals surface area contributed by atoms with Crippen molar-refractivity contribution in [2.24, 2.45) is 14.1 Å². The van der Waals surface area contributed by atoms with E-state index in [0.29, 0.717) is 64.2 Å². The van der Waals surface area contributed by atoms with Crippen LogP contribution in [-0.4, -0.2) is 90.5 Å². The largest absolute Gasteiger partial charge is 0.481 e. The second-order valence-electron chi connectivity index (χ2n) is 15.1. The minimum absolute atomic E-state index is 0.0576. The molecule has 1 spiro atoms. The van der Waals surface area contributed by atoms with Crippen molar-refractivity contribution in [1.29, 1.82) is 0 Å². The highest BCUT2D eigenvalue weighted by Crippen LogP contribution is 2.47. The minimum atomic E-state index is -4.96. The van der Waals surface area contributed by atoms with Crippen molar-refractivity contribution in [3.8, 4) is 28.3 Å². The molecule has 0 bridgehead atoms. The molecule has 2 saturated heterocycles. The number of amides is 2. The Hall–Kier alpha value is -5.52. The maximum atomic E-state index is 14.0. The number of aromatic nitrogens is 5. The van der Waals surface area contributed by atoms with Crippen LogP contribution in [0.2, 0.25) is 5.02 Å². The molecule has 3 aliphatic rings. The van der Waals surface area contributed by atoms with Gasteiger partial charge in [-0.05, 0) is 61.4 Å². The number of β-amino-alcohol motifs (C(OH)–C–C–N with tert-alkyl or cyclic N) is 1. The van der Waals surface area contributed by atoms with Gasteiger partial charge in [0.05, 0.1) is 30.0 Å². The Kier molecular flexibility index (Phi) is 9.96. The van der Waals surface area contributed by atoms with Crippen molar-refractivity contribution >= 4 is 40.2 Å². The van der Waals surface area contributed by atoms with Crippen LogP contribution in [-0.2, 0) is 26.7 Å². The summed E-state index contributed by atoms with van der Waals surface area (Å²) in [4.78, 5) is 55.0. The smallest absolute Gasteiger partial charge is 0.451 e. The lowest BCUT2D eigenvalue weighted by molar-refractivity contribution is -0.144. The van der Waals surface area contributed by atoms with Crippen LogP contribution in [0.25, 0.3) is 33.4 Å². The molecule has 2 aliphatic heterocycles. The molecule has 2 atom stereocenters. The summed E-state index contributed by atoms with van der Waals surface area (Å²) in [7, 11) is 4.06. The number of aryl methyl sites for hydroxylation is 2. The van der Waals surface area contributed by atoms with Crippen molar-refractivity contribution < 1.29 is 27.8 Å². The summed E-state index contributed by atoms with van der Waals surface area (Å²) in [6.07, 6.45) is -1.68. The molecule has 14 nitrogen and oxygen atoms in total. The number of fused-ring (bicyclic) bond motifs is 2. The Labute approximate surface area is 335 Å². The van der Waals surface area contributed by atoms with Gasteiger partial charge in [-0.3, -0.25) is 18.8 Å². The summed E-state index contributed by atoms with van der Waals surface area (Å²) in [6, 6.07) is 12.7. The van der Waals surface area contributed by atoms with Crippen LogP contribution in [0.1, 0.15) is 47.8 Å². The van der Waals surface area contributed by atoms with E-state index in [1.54, 1.807) is 31.1 Å². The third kappa shape index (κ3) is 6.63. The fraction of sp³-hybridized carbons (Fsp3) is 0.400. The first kappa shape index (κ1) is 39.3. The van der Waals surface area contributed by atoms with Crippen molar-refractivity contribution in [3.63, 3.8) is 0 Å². The molecule has 0 radical (unpaired) electrons. The van der Waals surface area contributed by atoms with Gasteiger partial charge in [-0.1, -0.05) is 41.9 Å². The van der Waals surface area contributed by atoms with Crippen molar-refractivity contribution in [2.75, 3.05) is 45.2 Å². The molecule has 18 heteroatoms. The van der Waals surface area contributed by atoms with Crippen LogP contribution in [0.5, 0.6) is 5.88 Å². The highest BCUT2D eigenvalue weighted by atomic mass is 35.5. The molecule has 1 aliphatic carbocycles. The monoisotopic (exact) mass is 819 g/mol. The standard InChI is InChI=1S/C40H41ClF3N9O5/c1-21-23(7-6-10-26(21)45-32-30-33(48-36(47-32)40(42,43)44)50(2)38(57)51(3)35(30)55)24-8-5-9-25(31(24)41)27-19-22-11-12-28(29(22)34(46-27)58-4)53-16-14-39(20-53)13-15-52(17-18-54)37(56)49-39/h5-10,19,28,54H,11-18,20H2,1-4H3,(H,49,56)(H,45,47,48). The van der Waals surface area contributed by atoms with E-state index in [2.05, 4.69) is 25.5 Å². The van der Waals surface area contributed by atoms with Gasteiger partial charge in [-0.25, -0.2) is 24.5 Å². The second kappa shape index (κ2) is 14.7. The van der Waals surface area contributed by atoms with Crippen LogP contribution >= 0.6 is 11.6 Å². The molecule has 2 unspecified atom stereocenters. The number of nitrogens with zero attached hydrogens (tertiary/aromatic N) is 7. The van der Waals surface area contributed by atoms with Gasteiger partial charge in [0.15, 0.2) is 5.65 Å². The van der Waals surface area contributed by atoms with E-state index in [9.17, 15) is 32.7 Å². The number of hydrogen-bond donors (Lipinski definition) is 3. The Bertz CT molecular complexity index is 2620. The van der Waals surface area contributed by atoms with Crippen molar-refractivity contribution in [1.82, 2.24) is 39.2 Å². The number of aliphatic hydroxyl groups excluding tert-OH is 1. The molecular formula is C40H41ClF3N9O5. The quantitative estimate of drug-likeness (QED) is 0.187. The first-order valence-corrected chi connectivity index (χ1v) is 19.2. The summed E-state index contributed by atoms with van der Waals surface area (Å²) in [5.74, 6) is -1.41. The number of aliphatic hydroxyl groups is 1. The summed E-state index contributed by atoms with van der Waals surface area (Å²) in [6.45, 7) is 4.12. The number of methoxy groups -OCH3 is 1. The van der Waals surface area contributed by atoms with Gasteiger partial charge in [-0.15, -0.1) is 0 Å². The molecule has 304 valence electrons. The molecule has 8 rings (SSSR count). The maximum absolute atomic E-state index is 14.0. The number of carbonyl (C=O) groups excluding carboxylic acids is 1. The van der Waals surface area contributed by atoms with Gasteiger partial charge in [0, 0.05) is 68.7 Å². The number of halogens is 4. The molecule has 58 heavy (non-hydrogen) atoms. The molecule has 0 saturated carbocycles. The second-order valence-corrected chi connectivity index (χ2v) is 15.5. The zero-order chi connectivity index (χ0) is 41.3. The molecule has 2 aromatic carbocycles. The van der Waals surface area contributed by atoms with E-state index in [1.165, 1.54) is 14.1 Å². The Morgan fingerprint density at radius 2 is 1.74 bits per heavy atom. The maximum Gasteiger partial charge on any atom is 0.451 e. The molecule has 5 heterocycles. The molecule has 2 amide bonds. The van der Waals surface area contributed by atoms with Crippen molar-refractivity contribution in [3.05, 3.63) is 90.8 Å². The van der Waals surface area contributed by atoms with E-state index in [1.807, 2.05) is 30.3 Å². The fourth-order valence-electron chi connectivity index (χ4n) is 8.67. The first-order valence-electron chi connectivity index (χ1n) is 18.9. The van der Waals surface area contributed by atoms with Crippen LogP contribution in [0.3, 0.4) is 0 Å². The molecule has 3 N–H and O–H groups in total. The third-order valence-corrected chi connectivity index (χ3v) is 12.1. The lowest BCUT2D eigenvalue weighted by atomic mass is 9.92. The number of ether oxygens (including phenoxy) is 1. The van der Waals surface area contributed by atoms with E-state index in [4.69, 9.17) is 21.3 Å². The highest BCUT2D eigenvalue weighted by molar-refractivity contribution is 6.36. The average Bonchev–Trinajstić information content (AvgIpc) is 3.81. The Morgan fingerprint density at radius 1 is 1.02 bits per heavy atom. The number of alkyl halides is 3. The summed E-state index contributed by atoms with van der Waals surface area (Å²) >= 11 is 7.20. The number of likely N-dealkylation sites (tertiary alicyclic amines) is 1. The van der Waals surface area contributed by atoms with Crippen LogP contribution in [0, 0.1) is 6.92 Å². The van der Waals surface area contributed by atoms with Crippen LogP contribution in [0.4, 0.5) is 29.5 Å². The summed E-state index contributed by atoms with van der Waals surface area (Å²) in [5, 5.41) is 15.6. The number of rotatable bonds is 8. The zero-order valence-corrected chi connectivity index (χ0v) is 33.0. The van der Waals surface area contributed by atoms with Gasteiger partial charge in [0.1, 0.15) is 11.2 Å². The number of anilines is 2. The van der Waals surface area contributed by atoms with Gasteiger partial charge in [-0.2, -0.15) is 13.2 Å². The summed E-state index contributed by atoms with van der Waals surface area (Å²) in [5.41, 5.74) is 3.17. The average molecular weight is 820 g/mol. The molecule has 2 fully saturated rings. The molecule has 3 aromatic heterocycles. The van der Waals surface area contributed by atoms with E-state index in [0.717, 1.165) is 52.5 Å². The lowest BCUT2D eigenvalue weighted by Crippen LogP contribution is -2.61. The number of carbonyl (C=O) groups is 1. The predicted molar refractivity (Wildman–Crippen MR) is 212 cm³/mol. The third-order valence-electron chi connectivity index (χ3n) is 11.7. The first-order chi connectivity index (χ1) is 27.6. The van der Waals surface area contributed by atoms with Gasteiger partial charge in [0.25, 0.3) is 5.56 Å². The lowest BCUT2D eigenvalue weighted by Gasteiger charge is -2.40. The fourth-order valence-corrected chi connectivity index (χ4v) is 9.00. The molecule has 5 aromatic rings. The van der Waals surface area contributed by atoms with E-state index >= 15 is 0 Å². The van der Waals surface area contributed by atoms with Crippen LogP contribution < -0.4 is 26.6 Å². The van der Waals surface area contributed by atoms with Gasteiger partial charge in [0.2, 0.25) is 11.7 Å². The normalized spacial score (nSPS) is 19.6. The molecular weight excluding hydrogens is 779 g/mol. The van der Waals surface area contributed by atoms with Crippen LogP contribution in [0.15, 0.2) is 52.1 Å². The predicted octanol–water partition coefficient (Wildman–Crippen LogP) is 5.33. The number of urea groups is 1. The number of pyridine rings is 1. The van der Waals surface area contributed by atoms with Gasteiger partial charge < -0.3 is 25.4 Å².